The number of methoxy groups -OCH3 is 1. The molecule has 1 atom stereocenters. The number of anilines is 2. The van der Waals surface area contributed by atoms with Gasteiger partial charge in [0.05, 0.1) is 45.8 Å². The van der Waals surface area contributed by atoms with Gasteiger partial charge >= 0.3 is 61.6 Å². The monoisotopic (exact) mass is 1330 g/mol. The molecule has 0 saturated carbocycles. The Bertz CT molecular complexity index is 3780. The fourth-order valence-electron chi connectivity index (χ4n) is 6.42. The Kier molecular flexibility index (Phi) is 25.0. The summed E-state index contributed by atoms with van der Waals surface area (Å²) in [4.78, 5) is 86.2. The molecule has 89 heavy (non-hydrogen) atoms. The van der Waals surface area contributed by atoms with Crippen LogP contribution in [0.5, 0.6) is 29.3 Å². The highest BCUT2D eigenvalue weighted by Crippen LogP contribution is 2.38. The van der Waals surface area contributed by atoms with Crippen molar-refractivity contribution in [3.05, 3.63) is 134 Å². The van der Waals surface area contributed by atoms with Gasteiger partial charge < -0.3 is 33.5 Å². The van der Waals surface area contributed by atoms with Gasteiger partial charge in [-0.3, -0.25) is 20.7 Å². The minimum absolute atomic E-state index is 0.0398. The first kappa shape index (κ1) is 71.5. The summed E-state index contributed by atoms with van der Waals surface area (Å²) in [5, 5.41) is 23.7. The van der Waals surface area contributed by atoms with Crippen LogP contribution in [0.25, 0.3) is 0 Å². The summed E-state index contributed by atoms with van der Waals surface area (Å²) in [6.45, 7) is -2.50. The highest BCUT2D eigenvalue weighted by Gasteiger charge is 2.33. The molecule has 6 rings (SSSR count). The van der Waals surface area contributed by atoms with Crippen molar-refractivity contribution >= 4 is 79.2 Å². The van der Waals surface area contributed by atoms with Crippen LogP contribution < -0.4 is 39.0 Å². The van der Waals surface area contributed by atoms with E-state index in [0.717, 1.165) is 48.5 Å². The molecule has 1 unspecified atom stereocenters. The van der Waals surface area contributed by atoms with Crippen molar-refractivity contribution in [1.29, 1.82) is 0 Å². The van der Waals surface area contributed by atoms with Crippen LogP contribution in [0.4, 0.5) is 71.1 Å². The third kappa shape index (κ3) is 22.7. The highest BCUT2D eigenvalue weighted by atomic mass is 35.5. The minimum atomic E-state index is -4.71. The maximum atomic E-state index is 12.8. The number of rotatable bonds is 21. The van der Waals surface area contributed by atoms with Gasteiger partial charge in [0.1, 0.15) is 27.8 Å². The average molecular weight is 1340 g/mol. The summed E-state index contributed by atoms with van der Waals surface area (Å²) in [5.74, 6) is -6.86. The number of carbonyl (C=O) groups is 5. The third-order valence-electron chi connectivity index (χ3n) is 10.0. The van der Waals surface area contributed by atoms with Crippen molar-refractivity contribution in [3.63, 3.8) is 0 Å². The molecular formula is C48H41ClF10N10O18S2. The van der Waals surface area contributed by atoms with Crippen LogP contribution in [0.2, 0.25) is 5.02 Å². The summed E-state index contributed by atoms with van der Waals surface area (Å²) < 4.78 is 205. The number of halogens is 11. The molecule has 2 aromatic heterocycles. The number of nitro groups is 1. The summed E-state index contributed by atoms with van der Waals surface area (Å²) in [7, 11) is -7.86. The number of aromatic nitrogens is 5. The zero-order valence-electron chi connectivity index (χ0n) is 45.1. The number of nitrogens with one attached hydrogen (secondary N) is 4. The number of benzene rings is 4. The van der Waals surface area contributed by atoms with Gasteiger partial charge in [-0.1, -0.05) is 41.9 Å². The Hall–Kier alpha value is -9.99. The van der Waals surface area contributed by atoms with Crippen molar-refractivity contribution in [2.45, 2.75) is 75.1 Å². The fourth-order valence-corrected chi connectivity index (χ4v) is 8.93. The minimum Gasteiger partial charge on any atom is -0.478 e. The van der Waals surface area contributed by atoms with Gasteiger partial charge in [-0.25, -0.2) is 50.3 Å². The van der Waals surface area contributed by atoms with E-state index >= 15 is 0 Å². The first-order valence-electron chi connectivity index (χ1n) is 23.8. The number of carboxylic acid groups (broad SMARTS) is 1. The van der Waals surface area contributed by atoms with E-state index < -0.39 is 149 Å². The average Bonchev–Trinajstić information content (AvgIpc) is 1.21. The Morgan fingerprint density at radius 3 is 1.80 bits per heavy atom. The largest absolute Gasteiger partial charge is 0.478 e. The number of hydrogen-bond acceptors (Lipinski definition) is 22. The smallest absolute Gasteiger partial charge is 0.416 e. The van der Waals surface area contributed by atoms with Crippen LogP contribution in [0, 0.1) is 17.0 Å². The second kappa shape index (κ2) is 31.1. The number of aryl methyl sites for hydroxylation is 2. The van der Waals surface area contributed by atoms with E-state index in [9.17, 15) is 94.8 Å². The molecule has 0 aliphatic rings. The van der Waals surface area contributed by atoms with Gasteiger partial charge in [0.15, 0.2) is 6.10 Å². The fraction of sp³-hybridized carbons (Fsp3) is 0.250. The Balaban J connectivity index is 0.000000286. The van der Waals surface area contributed by atoms with E-state index in [-0.39, 0.29) is 46.5 Å². The zero-order valence-corrected chi connectivity index (χ0v) is 47.4. The number of nitrogens with zero attached hydrogens (tertiary/aromatic N) is 6. The summed E-state index contributed by atoms with van der Waals surface area (Å²) in [5.41, 5.74) is -2.88. The molecule has 41 heteroatoms. The quantitative estimate of drug-likeness (QED) is 0.0194. The molecule has 2 heterocycles. The highest BCUT2D eigenvalue weighted by molar-refractivity contribution is 7.90. The van der Waals surface area contributed by atoms with Crippen LogP contribution in [0.1, 0.15) is 57.9 Å². The van der Waals surface area contributed by atoms with Crippen LogP contribution >= 0.6 is 11.6 Å². The van der Waals surface area contributed by atoms with Crippen LogP contribution in [0.15, 0.2) is 101 Å². The van der Waals surface area contributed by atoms with Gasteiger partial charge in [0, 0.05) is 18.6 Å². The number of esters is 2. The first-order chi connectivity index (χ1) is 41.4. The summed E-state index contributed by atoms with van der Waals surface area (Å²) in [6.07, 6.45) is -12.1. The SMILES string of the molecule is CCOC(=O)C(C)OC(=O)c1cc(Oc2ccc(C(F)(F)F)cc2Cl)ccc1[N+](=O)[O-].COc1nc(C)nc(NC(=O)NS(=O)(=O)c2ccccc2CCC(F)(F)F)n1.O=C(Nc1nc(OC(F)F)cc(OC(F)F)n1)NS(=O)(=O)c1ccccc1C(=O)O. The third-order valence-corrected chi connectivity index (χ3v) is 13.1. The number of alkyl halides is 10. The van der Waals surface area contributed by atoms with Crippen LogP contribution in [0.3, 0.4) is 0 Å². The van der Waals surface area contributed by atoms with Crippen LogP contribution in [-0.4, -0.2) is 121 Å². The molecule has 0 saturated heterocycles. The standard InChI is InChI=1S/C19H15ClF3NO7.C15H16F3N5O4S.C14H10F4N4O7S/c1-3-29-17(25)10(2)30-18(26)13-9-12(5-6-15(13)24(27)28)31-16-7-4-11(8-14(16)20)19(21,22)23;1-9-19-12(22-14(20-9)27-2)21-13(24)23-28(25,26)11-6-4-3-5-10(11)7-8-15(16,17)18;15-11(16)28-8-5-9(29-12(17)18)20-13(19-8)21-14(25)22-30(26,27)7-4-2-1-3-6(7)10(23)24/h4-10H,3H2,1-2H3;3-6H,7-8H2,1-2H3,(H2,19,20,21,22,23,24);1-5,11-12H,(H,23,24)(H2,19,20,21,22,25). The summed E-state index contributed by atoms with van der Waals surface area (Å²) >= 11 is 5.83. The second-order valence-corrected chi connectivity index (χ2v) is 20.2. The molecule has 0 bridgehead atoms. The number of ether oxygens (including phenoxy) is 6. The van der Waals surface area contributed by atoms with E-state index in [1.165, 1.54) is 56.0 Å². The van der Waals surface area contributed by atoms with E-state index in [1.807, 2.05) is 0 Å². The predicted octanol–water partition coefficient (Wildman–Crippen LogP) is 9.25. The summed E-state index contributed by atoms with van der Waals surface area (Å²) in [6, 6.07) is 12.4. The number of aromatic carboxylic acids is 1. The molecule has 0 aliphatic heterocycles. The van der Waals surface area contributed by atoms with Crippen molar-refractivity contribution < 1.29 is 123 Å². The molecule has 0 radical (unpaired) electrons. The zero-order chi connectivity index (χ0) is 66.8. The van der Waals surface area contributed by atoms with E-state index in [4.69, 9.17) is 35.7 Å². The molecule has 5 N–H and O–H groups in total. The number of carboxylic acids is 1. The van der Waals surface area contributed by atoms with Crippen LogP contribution in [-0.2, 0) is 46.9 Å². The Labute approximate surface area is 498 Å². The van der Waals surface area contributed by atoms with Gasteiger partial charge in [-0.05, 0) is 75.2 Å². The van der Waals surface area contributed by atoms with Gasteiger partial charge in [0.25, 0.3) is 25.7 Å². The molecule has 480 valence electrons. The molecule has 0 fully saturated rings. The van der Waals surface area contributed by atoms with Crippen molar-refractivity contribution in [3.8, 4) is 29.3 Å². The molecule has 4 aromatic carbocycles. The van der Waals surface area contributed by atoms with Gasteiger partial charge in [-0.15, -0.1) is 0 Å². The van der Waals surface area contributed by atoms with Crippen molar-refractivity contribution in [2.24, 2.45) is 0 Å². The van der Waals surface area contributed by atoms with Gasteiger partial charge in [-0.2, -0.15) is 68.8 Å². The lowest BCUT2D eigenvalue weighted by atomic mass is 10.1. The molecular weight excluding hydrogens is 1290 g/mol. The Morgan fingerprint density at radius 2 is 1.28 bits per heavy atom. The first-order valence-corrected chi connectivity index (χ1v) is 27.2. The van der Waals surface area contributed by atoms with E-state index in [2.05, 4.69) is 39.7 Å². The predicted molar refractivity (Wildman–Crippen MR) is 280 cm³/mol. The van der Waals surface area contributed by atoms with Crippen molar-refractivity contribution in [1.82, 2.24) is 34.4 Å². The molecule has 0 spiro atoms. The lowest BCUT2D eigenvalue weighted by Gasteiger charge is -2.13. The topological polar surface area (TPSA) is 385 Å². The van der Waals surface area contributed by atoms with E-state index in [0.29, 0.717) is 12.1 Å². The number of amides is 4. The Morgan fingerprint density at radius 1 is 0.730 bits per heavy atom. The van der Waals surface area contributed by atoms with E-state index in [1.54, 1.807) is 17.0 Å². The number of sulfonamides is 2. The molecule has 6 aromatic rings. The molecule has 0 aliphatic carbocycles. The number of urea groups is 2. The lowest BCUT2D eigenvalue weighted by molar-refractivity contribution is -0.385. The normalized spacial score (nSPS) is 11.7. The second-order valence-electron chi connectivity index (χ2n) is 16.4. The maximum Gasteiger partial charge on any atom is 0.416 e. The number of hydrogen-bond donors (Lipinski definition) is 5. The number of nitro benzene ring substituents is 1. The maximum absolute atomic E-state index is 12.8. The lowest BCUT2D eigenvalue weighted by Crippen LogP contribution is -2.35. The molecule has 4 amide bonds. The number of carbonyl (C=O) groups excluding carboxylic acids is 4. The van der Waals surface area contributed by atoms with Gasteiger partial charge in [0.2, 0.25) is 23.7 Å². The van der Waals surface area contributed by atoms with Crippen molar-refractivity contribution in [2.75, 3.05) is 24.4 Å². The molecule has 28 nitrogen and oxygen atoms in total.